The van der Waals surface area contributed by atoms with Crippen LogP contribution in [-0.4, -0.2) is 49.2 Å². The van der Waals surface area contributed by atoms with E-state index >= 15 is 0 Å². The average molecular weight is 401 g/mol. The predicted octanol–water partition coefficient (Wildman–Crippen LogP) is 4.71. The van der Waals surface area contributed by atoms with Gasteiger partial charge in [0, 0.05) is 32.2 Å². The molecule has 0 fully saturated rings. The third-order valence-electron chi connectivity index (χ3n) is 4.21. The number of nitrogens with one attached hydrogen (secondary N) is 1. The summed E-state index contributed by atoms with van der Waals surface area (Å²) in [5.41, 5.74) is 8.79. The molecule has 0 aliphatic heterocycles. The van der Waals surface area contributed by atoms with Gasteiger partial charge in [0.25, 0.3) is 0 Å². The molecule has 2 aromatic carbocycles. The fraction of sp³-hybridized carbons (Fsp3) is 0.273. The molecule has 0 aliphatic rings. The van der Waals surface area contributed by atoms with Crippen LogP contribution in [0, 0.1) is 0 Å². The largest absolute Gasteiger partial charge is 0.497 e. The van der Waals surface area contributed by atoms with Gasteiger partial charge in [-0.2, -0.15) is 0 Å². The number of nitrogens with two attached hydrogens (primary N) is 1. The molecule has 1 heterocycles. The zero-order valence-corrected chi connectivity index (χ0v) is 17.6. The van der Waals surface area contributed by atoms with E-state index < -0.39 is 0 Å². The summed E-state index contributed by atoms with van der Waals surface area (Å²) in [4.78, 5) is 11.1. The Morgan fingerprint density at radius 3 is 2.62 bits per heavy atom. The van der Waals surface area contributed by atoms with Crippen LogP contribution >= 0.6 is 0 Å². The lowest BCUT2D eigenvalue weighted by atomic mass is 10.0. The minimum Gasteiger partial charge on any atom is -0.497 e. The highest BCUT2D eigenvalue weighted by Crippen LogP contribution is 2.31. The van der Waals surface area contributed by atoms with E-state index in [4.69, 9.17) is 10.5 Å². The molecule has 7 heteroatoms. The molecule has 1 aromatic heterocycles. The minimum absolute atomic E-state index is 0. The molecule has 7 nitrogen and oxygen atoms in total. The van der Waals surface area contributed by atoms with Crippen molar-refractivity contribution in [1.82, 2.24) is 21.0 Å². The molecule has 0 atom stereocenters. The molecule has 6 N–H and O–H groups in total. The van der Waals surface area contributed by atoms with Gasteiger partial charge < -0.3 is 26.8 Å². The maximum absolute atomic E-state index is 6.26. The number of anilines is 2. The normalized spacial score (nSPS) is 10.1. The Bertz CT molecular complexity index is 924. The summed E-state index contributed by atoms with van der Waals surface area (Å²) in [7, 11) is 5.79. The molecule has 3 aromatic rings. The van der Waals surface area contributed by atoms with Crippen molar-refractivity contribution >= 4 is 22.4 Å². The number of hydrogen-bond donors (Lipinski definition) is 3. The van der Waals surface area contributed by atoms with Gasteiger partial charge in [0.15, 0.2) is 0 Å². The molecular weight excluding hydrogens is 364 g/mol. The molecule has 160 valence electrons. The fourth-order valence-corrected chi connectivity index (χ4v) is 2.84. The van der Waals surface area contributed by atoms with Crippen molar-refractivity contribution in [2.45, 2.75) is 6.42 Å². The number of nitrogen functional groups attached to an aromatic ring is 1. The lowest BCUT2D eigenvalue weighted by Crippen LogP contribution is -2.17. The highest BCUT2D eigenvalue weighted by atomic mass is 16.5. The van der Waals surface area contributed by atoms with E-state index in [0.29, 0.717) is 11.6 Å². The second-order valence-corrected chi connectivity index (χ2v) is 6.50. The summed E-state index contributed by atoms with van der Waals surface area (Å²) in [6.45, 7) is 7.86. The maximum atomic E-state index is 6.26. The quantitative estimate of drug-likeness (QED) is 0.299. The molecule has 0 aliphatic carbocycles. The monoisotopic (exact) mass is 400 g/mol. The van der Waals surface area contributed by atoms with Crippen molar-refractivity contribution in [2.24, 2.45) is 0 Å². The van der Waals surface area contributed by atoms with E-state index in [1.165, 1.54) is 0 Å². The van der Waals surface area contributed by atoms with Crippen LogP contribution in [-0.2, 0) is 0 Å². The molecule has 0 bridgehead atoms. The molecule has 3 rings (SSSR count). The standard InChI is InChI=1S/C20H25N5O.C2H4.H3N.2H2/c1-25(2)10-4-8-22-20-23-9-7-19(24-20)15-11-14-5-6-16(26-3)13-17(14)18(21)12-15;1-2;;;/h5-7,9,11-13H,4,8,10,21H2,1-3H3,(H,22,23,24);1-2H2;1H3;2*1H. The molecular formula is C22H36N6O. The minimum atomic E-state index is 0. The van der Waals surface area contributed by atoms with Crippen LogP contribution in [0.5, 0.6) is 5.75 Å². The average Bonchev–Trinajstić information content (AvgIpc) is 2.72. The van der Waals surface area contributed by atoms with Crippen LogP contribution < -0.4 is 21.9 Å². The Labute approximate surface area is 176 Å². The van der Waals surface area contributed by atoms with Gasteiger partial charge >= 0.3 is 0 Å². The SMILES string of the molecule is C=C.COc1ccc2cc(-c3ccnc(NCCCN(C)C)n3)cc(N)c2c1.N.[HH].[HH]. The Balaban J connectivity index is 0. The number of hydrogen-bond acceptors (Lipinski definition) is 7. The van der Waals surface area contributed by atoms with Crippen LogP contribution in [0.25, 0.3) is 22.0 Å². The second kappa shape index (κ2) is 11.6. The van der Waals surface area contributed by atoms with E-state index in [9.17, 15) is 0 Å². The number of benzene rings is 2. The van der Waals surface area contributed by atoms with Gasteiger partial charge in [-0.05, 0) is 62.8 Å². The zero-order valence-electron chi connectivity index (χ0n) is 17.6. The summed E-state index contributed by atoms with van der Waals surface area (Å²) in [5.74, 6) is 1.43. The van der Waals surface area contributed by atoms with E-state index in [-0.39, 0.29) is 9.00 Å². The van der Waals surface area contributed by atoms with E-state index in [0.717, 1.165) is 47.3 Å². The lowest BCUT2D eigenvalue weighted by Gasteiger charge is -2.11. The van der Waals surface area contributed by atoms with Crippen molar-refractivity contribution in [3.8, 4) is 17.0 Å². The summed E-state index contributed by atoms with van der Waals surface area (Å²) in [6, 6.07) is 11.8. The highest BCUT2D eigenvalue weighted by Gasteiger charge is 2.07. The Hall–Kier alpha value is -3.16. The van der Waals surface area contributed by atoms with Crippen molar-refractivity contribution in [3.05, 3.63) is 55.8 Å². The molecule has 29 heavy (non-hydrogen) atoms. The molecule has 0 saturated carbocycles. The van der Waals surface area contributed by atoms with Crippen LogP contribution in [0.1, 0.15) is 9.27 Å². The third-order valence-corrected chi connectivity index (χ3v) is 4.21. The van der Waals surface area contributed by atoms with Gasteiger partial charge in [-0.25, -0.2) is 9.97 Å². The van der Waals surface area contributed by atoms with Gasteiger partial charge in [0.2, 0.25) is 5.95 Å². The summed E-state index contributed by atoms with van der Waals surface area (Å²) in [6.07, 6.45) is 2.80. The fourth-order valence-electron chi connectivity index (χ4n) is 2.84. The van der Waals surface area contributed by atoms with Gasteiger partial charge in [0.1, 0.15) is 5.75 Å². The molecule has 0 spiro atoms. The number of fused-ring (bicyclic) bond motifs is 1. The van der Waals surface area contributed by atoms with Gasteiger partial charge in [-0.3, -0.25) is 0 Å². The second-order valence-electron chi connectivity index (χ2n) is 6.50. The summed E-state index contributed by atoms with van der Waals surface area (Å²) >= 11 is 0. The molecule has 0 saturated heterocycles. The van der Waals surface area contributed by atoms with Gasteiger partial charge in [0.05, 0.1) is 12.8 Å². The Kier molecular flexibility index (Phi) is 9.58. The first kappa shape index (κ1) is 23.9. The summed E-state index contributed by atoms with van der Waals surface area (Å²) < 4.78 is 5.28. The maximum Gasteiger partial charge on any atom is 0.223 e. The lowest BCUT2D eigenvalue weighted by molar-refractivity contribution is 0.405. The van der Waals surface area contributed by atoms with Gasteiger partial charge in [-0.1, -0.05) is 6.07 Å². The molecule has 0 unspecified atom stereocenters. The van der Waals surface area contributed by atoms with Crippen LogP contribution in [0.2, 0.25) is 0 Å². The van der Waals surface area contributed by atoms with Crippen molar-refractivity contribution < 1.29 is 7.59 Å². The van der Waals surface area contributed by atoms with E-state index in [1.807, 2.05) is 30.3 Å². The zero-order chi connectivity index (χ0) is 20.5. The number of methoxy groups -OCH3 is 1. The topological polar surface area (TPSA) is 111 Å². The number of ether oxygens (including phenoxy) is 1. The number of aromatic nitrogens is 2. The van der Waals surface area contributed by atoms with Crippen LogP contribution in [0.15, 0.2) is 55.8 Å². The van der Waals surface area contributed by atoms with Crippen molar-refractivity contribution in [2.75, 3.05) is 45.3 Å². The summed E-state index contributed by atoms with van der Waals surface area (Å²) in [5, 5.41) is 5.31. The first-order valence-electron chi connectivity index (χ1n) is 9.16. The number of nitrogens with zero attached hydrogens (tertiary/aromatic N) is 3. The van der Waals surface area contributed by atoms with Gasteiger partial charge in [-0.15, -0.1) is 13.2 Å². The third kappa shape index (κ3) is 6.44. The van der Waals surface area contributed by atoms with Crippen molar-refractivity contribution in [1.29, 1.82) is 0 Å². The highest BCUT2D eigenvalue weighted by molar-refractivity contribution is 5.97. The van der Waals surface area contributed by atoms with E-state index in [2.05, 4.69) is 53.5 Å². The molecule has 0 radical (unpaired) electrons. The van der Waals surface area contributed by atoms with E-state index in [1.54, 1.807) is 13.3 Å². The van der Waals surface area contributed by atoms with Crippen molar-refractivity contribution in [3.63, 3.8) is 0 Å². The first-order valence-corrected chi connectivity index (χ1v) is 9.16. The Morgan fingerprint density at radius 2 is 1.93 bits per heavy atom. The molecule has 0 amide bonds. The Morgan fingerprint density at radius 1 is 1.17 bits per heavy atom. The first-order chi connectivity index (χ1) is 13.6. The smallest absolute Gasteiger partial charge is 0.223 e. The predicted molar refractivity (Wildman–Crippen MR) is 128 cm³/mol. The van der Waals surface area contributed by atoms with Crippen LogP contribution in [0.4, 0.5) is 11.6 Å². The number of rotatable bonds is 7. The van der Waals surface area contributed by atoms with Crippen LogP contribution in [0.3, 0.4) is 0 Å².